The third-order valence-electron chi connectivity index (χ3n) is 13.1. The van der Waals surface area contributed by atoms with Gasteiger partial charge in [-0.15, -0.1) is 0 Å². The Balaban J connectivity index is 1.49. The molecule has 0 bridgehead atoms. The summed E-state index contributed by atoms with van der Waals surface area (Å²) in [6.45, 7) is -8.13. The SMILES string of the molecule is O=S(=O)(O)OC[C@H]1O[C@@H](Oc2ccc3cc(O[C@@H]4O[C@H](COS(=O)(=O)O)[C@@H](O[C@@H]5O[C@H](COS(=O)(=O)O)[C@@H](OS(=O)(=O)O)[C@H](OS(=O)(=O)O)[C@H]5OS(=O)(=O)O)[C@H](OS(=O)(=O)O)[C@H]4OS(=O)(=O)O)ccc3c2)[C@H](OS(=O)(=O)O)[C@@H](OS(=O)(=O)O)[C@@H]1O[C@@H]1O[C@H](COS(=O)(=O)O)[C@@H](OS(=O)(=O)O)[C@H](OS(=O)(=O)O)[C@H]1OS(=O)(=O)O. The van der Waals surface area contributed by atoms with Crippen LogP contribution >= 0.6 is 0 Å². The van der Waals surface area contributed by atoms with Gasteiger partial charge in [-0.05, 0) is 35.0 Å². The summed E-state index contributed by atoms with van der Waals surface area (Å²) in [4.78, 5) is 0. The van der Waals surface area contributed by atoms with Crippen molar-refractivity contribution in [1.29, 1.82) is 0 Å². The van der Waals surface area contributed by atoms with E-state index in [1.54, 1.807) is 0 Å². The van der Waals surface area contributed by atoms with Crippen molar-refractivity contribution in [2.24, 2.45) is 0 Å². The lowest BCUT2D eigenvalue weighted by Crippen LogP contribution is -2.67. The van der Waals surface area contributed by atoms with E-state index in [4.69, 9.17) is 37.9 Å². The summed E-state index contributed by atoms with van der Waals surface area (Å²) in [7, 11) is -87.0. The van der Waals surface area contributed by atoms with Gasteiger partial charge in [-0.1, -0.05) is 12.1 Å². The Labute approximate surface area is 627 Å². The Morgan fingerprint density at radius 2 is 0.402 bits per heavy atom. The van der Waals surface area contributed by atoms with Crippen molar-refractivity contribution in [3.8, 4) is 11.5 Å². The highest BCUT2D eigenvalue weighted by atomic mass is 32.3. The van der Waals surface area contributed by atoms with Crippen LogP contribution in [0.25, 0.3) is 10.8 Å². The van der Waals surface area contributed by atoms with Gasteiger partial charge in [0.25, 0.3) is 0 Å². The van der Waals surface area contributed by atoms with Crippen LogP contribution in [0.5, 0.6) is 11.5 Å². The topological polar surface area (TPSA) is 964 Å². The molecule has 4 aliphatic rings. The number of benzene rings is 2. The smallest absolute Gasteiger partial charge is 0.397 e. The van der Waals surface area contributed by atoms with Crippen LogP contribution in [0.3, 0.4) is 0 Å². The predicted molar refractivity (Wildman–Crippen MR) is 324 cm³/mol. The Morgan fingerprint density at radius 1 is 0.223 bits per heavy atom. The van der Waals surface area contributed by atoms with Crippen LogP contribution in [0.1, 0.15) is 0 Å². The quantitative estimate of drug-likeness (QED) is 0.0276. The molecule has 0 aromatic heterocycles. The van der Waals surface area contributed by atoms with E-state index >= 15 is 0 Å². The normalized spacial score (nSPS) is 30.4. The monoisotopic (exact) mass is 1930 g/mol. The molecule has 78 heteroatoms. The molecule has 4 saturated heterocycles. The lowest BCUT2D eigenvalue weighted by atomic mass is 9.97. The summed E-state index contributed by atoms with van der Waals surface area (Å²) >= 11 is 0. The van der Waals surface area contributed by atoms with Gasteiger partial charge in [0, 0.05) is 0 Å². The number of hydrogen-bond donors (Lipinski definition) is 14. The van der Waals surface area contributed by atoms with E-state index in [1.807, 2.05) is 0 Å². The Morgan fingerprint density at radius 3 is 0.616 bits per heavy atom. The minimum Gasteiger partial charge on any atom is -0.462 e. The van der Waals surface area contributed by atoms with Crippen LogP contribution < -0.4 is 9.47 Å². The zero-order chi connectivity index (χ0) is 85.5. The molecule has 0 spiro atoms. The van der Waals surface area contributed by atoms with Crippen LogP contribution in [-0.4, -0.2) is 331 Å². The fraction of sp³-hybridized carbons (Fsp3) is 0.706. The molecule has 2 aromatic carbocycles. The number of hydrogen-bond acceptors (Lipinski definition) is 50. The average molecular weight is 1930 g/mol. The Kier molecular flexibility index (Phi) is 30.9. The first-order valence-corrected chi connectivity index (χ1v) is 46.1. The molecule has 4 heterocycles. The van der Waals surface area contributed by atoms with Crippen molar-refractivity contribution >= 4 is 156 Å². The average Bonchev–Trinajstić information content (AvgIpc) is 0.759. The van der Waals surface area contributed by atoms with Gasteiger partial charge in [-0.2, -0.15) is 118 Å². The van der Waals surface area contributed by atoms with Gasteiger partial charge in [-0.3, -0.25) is 63.7 Å². The van der Waals surface area contributed by atoms with Crippen LogP contribution in [0, 0.1) is 0 Å². The summed E-state index contributed by atoms with van der Waals surface area (Å²) in [6, 6.07) is 4.33. The van der Waals surface area contributed by atoms with Gasteiger partial charge < -0.3 is 37.9 Å². The molecule has 0 unspecified atom stereocenters. The molecular weight excluding hydrogens is 1880 g/mol. The van der Waals surface area contributed by atoms with E-state index in [1.165, 1.54) is 0 Å². The molecule has 4 fully saturated rings. The van der Waals surface area contributed by atoms with E-state index in [0.29, 0.717) is 12.1 Å². The third-order valence-corrected chi connectivity index (χ3v) is 19.5. The number of ether oxygens (including phenoxy) is 8. The molecule has 0 aliphatic carbocycles. The maximum atomic E-state index is 12.6. The number of rotatable bonds is 40. The second-order valence-corrected chi connectivity index (χ2v) is 35.9. The van der Waals surface area contributed by atoms with Gasteiger partial charge in [-0.25, -0.2) is 58.6 Å². The summed E-state index contributed by atoms with van der Waals surface area (Å²) in [5.41, 5.74) is 0. The van der Waals surface area contributed by atoms with Crippen molar-refractivity contribution in [3.05, 3.63) is 36.4 Å². The van der Waals surface area contributed by atoms with Crippen LogP contribution in [0.2, 0.25) is 0 Å². The van der Waals surface area contributed by atoms with Crippen molar-refractivity contribution in [2.45, 2.75) is 123 Å². The summed E-state index contributed by atoms with van der Waals surface area (Å²) in [6.07, 6.45) is -65.6. The lowest BCUT2D eigenvalue weighted by molar-refractivity contribution is -0.340. The van der Waals surface area contributed by atoms with Gasteiger partial charge >= 0.3 is 146 Å². The predicted octanol–water partition coefficient (Wildman–Crippen LogP) is -9.58. The van der Waals surface area contributed by atoms with Crippen molar-refractivity contribution in [3.63, 3.8) is 0 Å². The minimum absolute atomic E-state index is 0.360. The van der Waals surface area contributed by atoms with E-state index < -0.39 is 306 Å². The highest BCUT2D eigenvalue weighted by Gasteiger charge is 2.62. The van der Waals surface area contributed by atoms with E-state index in [9.17, 15) is 182 Å². The van der Waals surface area contributed by atoms with Gasteiger partial charge in [0.2, 0.25) is 12.6 Å². The van der Waals surface area contributed by atoms with Crippen LogP contribution in [-0.2, 0) is 233 Å². The number of fused-ring (bicyclic) bond motifs is 1. The standard InChI is InChI=1S/C34H48O64S14/c35-99(36,37)77-7-15-19(87-33-29(97-111(71,72)73)25(93-107(59,60)61)21(89-103(47,48)49)17(85-33)9-79-101(41,42)43)23(91-105(53,54)55)27(95-109(65,66)67)31(83-15)81-13-3-1-11-5-14(4-2-12(11)6-13)82-32-28(96-110(68,69)70)24(92-106(56,57)58)20(16(84-32)8-78-100(38,39)40)88-34-30(98-112(74,75)76)26(94-108(62,63)64)22(90-104(50,51)52)18(86-34)10-80-102(44,45)46/h1-6,15-34H,7-10H2,(H,35,36,37)(H,38,39,40)(H,41,42,43)(H,44,45,46)(H,47,48,49)(H,50,51,52)(H,53,54,55)(H,56,57,58)(H,59,60,61)(H,62,63,64)(H,65,66,67)(H,68,69,70)(H,71,72,73)(H,74,75,76)/t15-,16-,17-,18-,19-,20-,21-,22-,23+,24+,25+,26+,27-,28-,29-,30-,31-,32-,33+,34+/m1/s1. The second-order valence-electron chi connectivity index (χ2n) is 21.0. The zero-order valence-corrected chi connectivity index (χ0v) is 63.7. The first-order valence-electron chi connectivity index (χ1n) is 27.0. The molecule has 64 nitrogen and oxygen atoms in total. The van der Waals surface area contributed by atoms with Crippen molar-refractivity contribution in [2.75, 3.05) is 26.4 Å². The van der Waals surface area contributed by atoms with E-state index in [-0.39, 0.29) is 10.8 Å². The highest BCUT2D eigenvalue weighted by Crippen LogP contribution is 2.41. The van der Waals surface area contributed by atoms with Crippen LogP contribution in [0.15, 0.2) is 36.4 Å². The Bertz CT molecular complexity index is 5090. The van der Waals surface area contributed by atoms with Gasteiger partial charge in [0.15, 0.2) is 37.0 Å². The van der Waals surface area contributed by atoms with Crippen LogP contribution in [0.4, 0.5) is 0 Å². The van der Waals surface area contributed by atoms with Crippen molar-refractivity contribution < 1.29 is 278 Å². The maximum absolute atomic E-state index is 12.6. The largest absolute Gasteiger partial charge is 0.462 e. The minimum atomic E-state index is -6.42. The highest BCUT2D eigenvalue weighted by molar-refractivity contribution is 7.84. The molecule has 0 radical (unpaired) electrons. The molecule has 2 aromatic rings. The molecule has 6 rings (SSSR count). The molecule has 0 saturated carbocycles. The molecule has 112 heavy (non-hydrogen) atoms. The second kappa shape index (κ2) is 35.7. The fourth-order valence-corrected chi connectivity index (χ4v) is 16.0. The summed E-state index contributed by atoms with van der Waals surface area (Å²) < 4.78 is 580. The summed E-state index contributed by atoms with van der Waals surface area (Å²) in [5, 5.41) is -0.719. The zero-order valence-electron chi connectivity index (χ0n) is 52.2. The molecule has 14 N–H and O–H groups in total. The van der Waals surface area contributed by atoms with Crippen molar-refractivity contribution in [1.82, 2.24) is 0 Å². The molecule has 4 aliphatic heterocycles. The third kappa shape index (κ3) is 33.2. The summed E-state index contributed by atoms with van der Waals surface area (Å²) in [5.74, 6) is -1.75. The van der Waals surface area contributed by atoms with E-state index in [2.05, 4.69) is 58.6 Å². The molecule has 20 atom stereocenters. The molecular formula is C34H48O64S14. The fourth-order valence-electron chi connectivity index (χ4n) is 9.81. The lowest BCUT2D eigenvalue weighted by Gasteiger charge is -2.48. The maximum Gasteiger partial charge on any atom is 0.397 e. The Hall–Kier alpha value is -3.76. The van der Waals surface area contributed by atoms with Gasteiger partial charge in [0.1, 0.15) is 84.7 Å². The first-order chi connectivity index (χ1) is 50.1. The van der Waals surface area contributed by atoms with E-state index in [0.717, 1.165) is 24.3 Å². The first kappa shape index (κ1) is 97.1. The molecule has 652 valence electrons. The molecule has 0 amide bonds. The van der Waals surface area contributed by atoms with Gasteiger partial charge in [0.05, 0.1) is 26.4 Å².